The van der Waals surface area contributed by atoms with Gasteiger partial charge in [-0.25, -0.2) is 9.59 Å². The second-order valence-electron chi connectivity index (χ2n) is 7.56. The monoisotopic (exact) mass is 586 g/mol. The average Bonchev–Trinajstić information content (AvgIpc) is 3.23. The SMILES string of the molecule is [N-]=[N+]=N[C@]1(CI)O[C@@H](n2ccc(NC(=O)c3ccccc3)nc2=O)C[C@@H]1OC(=O)c1ccccc1. The minimum atomic E-state index is -1.51. The van der Waals surface area contributed by atoms with Crippen LogP contribution in [-0.4, -0.2) is 37.7 Å². The first-order valence-electron chi connectivity index (χ1n) is 10.5. The smallest absolute Gasteiger partial charge is 0.351 e. The first kappa shape index (κ1) is 24.4. The van der Waals surface area contributed by atoms with Crippen LogP contribution in [0.2, 0.25) is 0 Å². The highest BCUT2D eigenvalue weighted by Crippen LogP contribution is 2.41. The number of nitrogens with one attached hydrogen (secondary N) is 1. The van der Waals surface area contributed by atoms with E-state index in [1.807, 2.05) is 22.6 Å². The summed E-state index contributed by atoms with van der Waals surface area (Å²) in [6.07, 6.45) is -0.395. The second kappa shape index (κ2) is 10.7. The van der Waals surface area contributed by atoms with Crippen LogP contribution in [0.1, 0.15) is 33.4 Å². The van der Waals surface area contributed by atoms with Gasteiger partial charge in [-0.05, 0) is 35.9 Å². The van der Waals surface area contributed by atoms with Gasteiger partial charge in [0.2, 0.25) is 0 Å². The van der Waals surface area contributed by atoms with Crippen molar-refractivity contribution >= 4 is 40.3 Å². The molecule has 0 bridgehead atoms. The first-order valence-corrected chi connectivity index (χ1v) is 12.0. The van der Waals surface area contributed by atoms with E-state index in [4.69, 9.17) is 15.0 Å². The van der Waals surface area contributed by atoms with Crippen molar-refractivity contribution in [3.63, 3.8) is 0 Å². The maximum Gasteiger partial charge on any atom is 0.351 e. The topological polar surface area (TPSA) is 148 Å². The molecular formula is C23H19IN6O5. The van der Waals surface area contributed by atoms with Crippen LogP contribution in [0.5, 0.6) is 0 Å². The van der Waals surface area contributed by atoms with Gasteiger partial charge in [-0.1, -0.05) is 64.1 Å². The lowest BCUT2D eigenvalue weighted by molar-refractivity contribution is -0.0864. The Balaban J connectivity index is 1.55. The van der Waals surface area contributed by atoms with Crippen LogP contribution in [0.25, 0.3) is 10.4 Å². The summed E-state index contributed by atoms with van der Waals surface area (Å²) in [4.78, 5) is 44.5. The standard InChI is InChI=1S/C23H19IN6O5/c24-14-23(28-29-25)17(34-21(32)16-9-5-2-6-10-16)13-19(35-23)30-12-11-18(27-22(30)33)26-20(31)15-7-3-1-4-8-15/h1-12,17,19H,13-14H2,(H,26,27,31,33)/t17-,19+,23+/m0/s1. The molecule has 1 aliphatic heterocycles. The molecule has 0 saturated carbocycles. The number of carbonyl (C=O) groups is 2. The Morgan fingerprint density at radius 1 is 1.17 bits per heavy atom. The average molecular weight is 586 g/mol. The fourth-order valence-electron chi connectivity index (χ4n) is 3.60. The number of nitrogens with zero attached hydrogens (tertiary/aromatic N) is 5. The number of benzene rings is 2. The van der Waals surface area contributed by atoms with E-state index in [2.05, 4.69) is 20.3 Å². The lowest BCUT2D eigenvalue weighted by Crippen LogP contribution is -2.41. The number of azide groups is 1. The van der Waals surface area contributed by atoms with Gasteiger partial charge in [0.15, 0.2) is 5.72 Å². The summed E-state index contributed by atoms with van der Waals surface area (Å²) in [6, 6.07) is 18.3. The quantitative estimate of drug-likeness (QED) is 0.110. The highest BCUT2D eigenvalue weighted by atomic mass is 127. The molecule has 11 nitrogen and oxygen atoms in total. The number of aromatic nitrogens is 2. The molecule has 12 heteroatoms. The highest BCUT2D eigenvalue weighted by Gasteiger charge is 2.51. The van der Waals surface area contributed by atoms with Gasteiger partial charge in [0.25, 0.3) is 5.91 Å². The lowest BCUT2D eigenvalue weighted by Gasteiger charge is -2.27. The van der Waals surface area contributed by atoms with Gasteiger partial charge in [-0.2, -0.15) is 4.98 Å². The highest BCUT2D eigenvalue weighted by molar-refractivity contribution is 14.1. The Kier molecular flexibility index (Phi) is 7.44. The van der Waals surface area contributed by atoms with Crippen LogP contribution in [-0.2, 0) is 9.47 Å². The van der Waals surface area contributed by atoms with Crippen molar-refractivity contribution in [1.29, 1.82) is 0 Å². The van der Waals surface area contributed by atoms with Gasteiger partial charge >= 0.3 is 11.7 Å². The molecule has 0 spiro atoms. The summed E-state index contributed by atoms with van der Waals surface area (Å²) in [5.41, 5.74) is 7.67. The maximum atomic E-state index is 12.8. The number of alkyl halides is 1. The molecule has 35 heavy (non-hydrogen) atoms. The van der Waals surface area contributed by atoms with E-state index < -0.39 is 35.6 Å². The zero-order valence-electron chi connectivity index (χ0n) is 18.2. The molecule has 4 rings (SSSR count). The van der Waals surface area contributed by atoms with Crippen molar-refractivity contribution < 1.29 is 19.1 Å². The molecule has 1 fully saturated rings. The predicted molar refractivity (Wildman–Crippen MR) is 134 cm³/mol. The Morgan fingerprint density at radius 2 is 1.83 bits per heavy atom. The molecule has 3 aromatic rings. The summed E-state index contributed by atoms with van der Waals surface area (Å²) >= 11 is 1.97. The molecule has 2 aromatic carbocycles. The lowest BCUT2D eigenvalue weighted by atomic mass is 10.1. The van der Waals surface area contributed by atoms with E-state index >= 15 is 0 Å². The molecule has 0 aliphatic carbocycles. The summed E-state index contributed by atoms with van der Waals surface area (Å²) < 4.78 is 13.0. The molecule has 0 unspecified atom stereocenters. The van der Waals surface area contributed by atoms with Crippen LogP contribution in [0, 0.1) is 0 Å². The zero-order valence-corrected chi connectivity index (χ0v) is 20.3. The van der Waals surface area contributed by atoms with E-state index in [9.17, 15) is 14.4 Å². The number of halogens is 1. The number of ether oxygens (including phenoxy) is 2. The van der Waals surface area contributed by atoms with Gasteiger partial charge in [-0.3, -0.25) is 9.36 Å². The molecule has 178 valence electrons. The molecule has 2 heterocycles. The van der Waals surface area contributed by atoms with Crippen molar-refractivity contribution in [2.75, 3.05) is 9.74 Å². The van der Waals surface area contributed by atoms with Gasteiger partial charge in [0.1, 0.15) is 18.1 Å². The normalized spacial score (nSPS) is 21.1. The van der Waals surface area contributed by atoms with E-state index in [0.29, 0.717) is 11.1 Å². The van der Waals surface area contributed by atoms with Gasteiger partial charge < -0.3 is 14.8 Å². The van der Waals surface area contributed by atoms with E-state index in [-0.39, 0.29) is 16.7 Å². The first-order chi connectivity index (χ1) is 17.0. The van der Waals surface area contributed by atoms with Crippen molar-refractivity contribution in [3.05, 3.63) is 105 Å². The van der Waals surface area contributed by atoms with Crippen LogP contribution in [0.3, 0.4) is 0 Å². The minimum absolute atomic E-state index is 0.0535. The van der Waals surface area contributed by atoms with Crippen LogP contribution in [0.15, 0.2) is 82.8 Å². The fraction of sp³-hybridized carbons (Fsp3) is 0.217. The van der Waals surface area contributed by atoms with E-state index in [1.54, 1.807) is 60.7 Å². The van der Waals surface area contributed by atoms with Gasteiger partial charge in [0.05, 0.1) is 5.56 Å². The molecule has 1 N–H and O–H groups in total. The third kappa shape index (κ3) is 5.34. The van der Waals surface area contributed by atoms with Crippen LogP contribution < -0.4 is 11.0 Å². The van der Waals surface area contributed by atoms with Gasteiger partial charge in [-0.15, -0.1) is 0 Å². The number of rotatable bonds is 7. The molecular weight excluding hydrogens is 567 g/mol. The molecule has 1 aromatic heterocycles. The van der Waals surface area contributed by atoms with Crippen molar-refractivity contribution in [2.24, 2.45) is 5.11 Å². The molecule has 1 saturated heterocycles. The van der Waals surface area contributed by atoms with E-state index in [1.165, 1.54) is 16.8 Å². The Bertz CT molecular complexity index is 1330. The number of anilines is 1. The Morgan fingerprint density at radius 3 is 2.43 bits per heavy atom. The van der Waals surface area contributed by atoms with Crippen LogP contribution >= 0.6 is 22.6 Å². The largest absolute Gasteiger partial charge is 0.455 e. The molecule has 3 atom stereocenters. The number of esters is 1. The summed E-state index contributed by atoms with van der Waals surface area (Å²) in [6.45, 7) is 0. The van der Waals surface area contributed by atoms with Crippen molar-refractivity contribution in [3.8, 4) is 0 Å². The molecule has 1 aliphatic rings. The van der Waals surface area contributed by atoms with Crippen molar-refractivity contribution in [2.45, 2.75) is 24.5 Å². The maximum absolute atomic E-state index is 12.8. The zero-order chi connectivity index (χ0) is 24.8. The van der Waals surface area contributed by atoms with Gasteiger partial charge in [0, 0.05) is 27.5 Å². The molecule has 0 radical (unpaired) electrons. The number of amides is 1. The third-order valence-electron chi connectivity index (χ3n) is 5.34. The third-order valence-corrected chi connectivity index (χ3v) is 6.43. The molecule has 1 amide bonds. The van der Waals surface area contributed by atoms with Crippen molar-refractivity contribution in [1.82, 2.24) is 9.55 Å². The van der Waals surface area contributed by atoms with Crippen LogP contribution in [0.4, 0.5) is 5.82 Å². The Labute approximate surface area is 212 Å². The number of hydrogen-bond donors (Lipinski definition) is 1. The predicted octanol–water partition coefficient (Wildman–Crippen LogP) is 4.08. The fourth-order valence-corrected chi connectivity index (χ4v) is 4.42. The summed E-state index contributed by atoms with van der Waals surface area (Å²) in [5, 5.41) is 6.35. The Hall–Kier alpha value is -3.74. The van der Waals surface area contributed by atoms with E-state index in [0.717, 1.165) is 0 Å². The minimum Gasteiger partial charge on any atom is -0.455 e. The number of hydrogen-bond acceptors (Lipinski definition) is 7. The summed E-state index contributed by atoms with van der Waals surface area (Å²) in [5.74, 6) is -0.945. The number of carbonyl (C=O) groups excluding carboxylic acids is 2. The summed E-state index contributed by atoms with van der Waals surface area (Å²) in [7, 11) is 0. The second-order valence-corrected chi connectivity index (χ2v) is 8.32.